The molecule has 20 heavy (non-hydrogen) atoms. The molecular formula is C10H21NO7S2. The molecule has 0 fully saturated rings. The van der Waals surface area contributed by atoms with Gasteiger partial charge in [-0.3, -0.25) is 13.9 Å². The van der Waals surface area contributed by atoms with Crippen molar-refractivity contribution in [2.45, 2.75) is 26.8 Å². The molecule has 1 unspecified atom stereocenters. The second kappa shape index (κ2) is 9.06. The van der Waals surface area contributed by atoms with Crippen molar-refractivity contribution < 1.29 is 30.7 Å². The predicted molar refractivity (Wildman–Crippen MR) is 75.5 cm³/mol. The van der Waals surface area contributed by atoms with Gasteiger partial charge in [0.2, 0.25) is 5.91 Å². The summed E-state index contributed by atoms with van der Waals surface area (Å²) in [4.78, 5) is 10.6. The Kier molecular flexibility index (Phi) is 9.66. The van der Waals surface area contributed by atoms with Crippen LogP contribution in [0.15, 0.2) is 12.7 Å². The first-order chi connectivity index (χ1) is 8.76. The van der Waals surface area contributed by atoms with Gasteiger partial charge in [-0.25, -0.2) is 0 Å². The Hall–Kier alpha value is -0.970. The summed E-state index contributed by atoms with van der Waals surface area (Å²) in [6, 6.07) is -0.620. The third-order valence-electron chi connectivity index (χ3n) is 1.58. The average Bonchev–Trinajstić information content (AvgIpc) is 2.10. The van der Waals surface area contributed by atoms with Gasteiger partial charge in [-0.05, 0) is 18.9 Å². The van der Waals surface area contributed by atoms with Gasteiger partial charge >= 0.3 is 0 Å². The van der Waals surface area contributed by atoms with Crippen LogP contribution in [0.25, 0.3) is 0 Å². The largest absolute Gasteiger partial charge is 0.349 e. The number of carbonyl (C=O) groups excluding carboxylic acids is 1. The highest BCUT2D eigenvalue weighted by Gasteiger charge is 2.12. The Morgan fingerprint density at radius 3 is 1.70 bits per heavy atom. The molecule has 1 amide bonds. The van der Waals surface area contributed by atoms with Crippen LogP contribution in [0.4, 0.5) is 0 Å². The van der Waals surface area contributed by atoms with E-state index in [9.17, 15) is 21.6 Å². The zero-order valence-electron chi connectivity index (χ0n) is 11.6. The number of hydrogen-bond donors (Lipinski definition) is 3. The van der Waals surface area contributed by atoms with E-state index in [1.54, 1.807) is 13.8 Å². The predicted octanol–water partition coefficient (Wildman–Crippen LogP) is 0.0951. The summed E-state index contributed by atoms with van der Waals surface area (Å²) in [6.45, 7) is 8.11. The van der Waals surface area contributed by atoms with E-state index in [1.807, 2.05) is 0 Å². The molecular weight excluding hydrogens is 310 g/mol. The molecule has 0 spiro atoms. The fourth-order valence-corrected chi connectivity index (χ4v) is 2.64. The minimum atomic E-state index is -4.03. The van der Waals surface area contributed by atoms with Gasteiger partial charge in [0, 0.05) is 6.04 Å². The van der Waals surface area contributed by atoms with Crippen molar-refractivity contribution in [3.05, 3.63) is 12.7 Å². The Morgan fingerprint density at radius 1 is 1.10 bits per heavy atom. The molecule has 0 aliphatic heterocycles. The highest BCUT2D eigenvalue weighted by molar-refractivity contribution is 7.86. The highest BCUT2D eigenvalue weighted by atomic mass is 32.2. The van der Waals surface area contributed by atoms with Crippen LogP contribution in [0.3, 0.4) is 0 Å². The van der Waals surface area contributed by atoms with Gasteiger partial charge in [0.15, 0.2) is 0 Å². The van der Waals surface area contributed by atoms with E-state index in [0.29, 0.717) is 0 Å². The molecule has 1 atom stereocenters. The quantitative estimate of drug-likeness (QED) is 0.463. The van der Waals surface area contributed by atoms with Crippen molar-refractivity contribution in [2.75, 3.05) is 11.5 Å². The minimum absolute atomic E-state index is 0.00463. The number of carbonyl (C=O) groups is 1. The van der Waals surface area contributed by atoms with E-state index in [1.165, 1.54) is 6.92 Å². The maximum absolute atomic E-state index is 10.6. The van der Waals surface area contributed by atoms with Crippen molar-refractivity contribution in [1.82, 2.24) is 5.32 Å². The Balaban J connectivity index is 0. The zero-order chi connectivity index (χ0) is 16.6. The molecule has 0 rings (SSSR count). The van der Waals surface area contributed by atoms with Crippen LogP contribution in [0, 0.1) is 5.92 Å². The molecule has 120 valence electrons. The first kappa shape index (κ1) is 21.3. The summed E-state index contributed by atoms with van der Waals surface area (Å²) < 4.78 is 57.1. The lowest BCUT2D eigenvalue weighted by molar-refractivity contribution is -0.116. The molecule has 8 nitrogen and oxygen atoms in total. The van der Waals surface area contributed by atoms with E-state index < -0.39 is 37.9 Å². The smallest absolute Gasteiger partial charge is 0.266 e. The van der Waals surface area contributed by atoms with Crippen molar-refractivity contribution >= 4 is 26.1 Å². The molecule has 0 aliphatic carbocycles. The molecule has 0 saturated carbocycles. The lowest BCUT2D eigenvalue weighted by Gasteiger charge is -2.09. The monoisotopic (exact) mass is 331 g/mol. The maximum Gasteiger partial charge on any atom is 0.266 e. The van der Waals surface area contributed by atoms with Crippen LogP contribution in [-0.4, -0.2) is 49.4 Å². The van der Waals surface area contributed by atoms with Crippen LogP contribution in [0.1, 0.15) is 20.8 Å². The standard InChI is InChI=1S/C6H11NO4S.C4H10O3S/c1-3-6(8)7-5(2)4-12(9,10)11;1-4(2)3-8(5,6)7/h3,5H,1,4H2,2H3,(H,7,8)(H,9,10,11);4H,3H2,1-2H3,(H,5,6,7). The van der Waals surface area contributed by atoms with Crippen molar-refractivity contribution in [1.29, 1.82) is 0 Å². The van der Waals surface area contributed by atoms with Crippen molar-refractivity contribution in [2.24, 2.45) is 5.92 Å². The fraction of sp³-hybridized carbons (Fsp3) is 0.700. The molecule has 0 heterocycles. The summed E-state index contributed by atoms with van der Waals surface area (Å²) in [5, 5.41) is 2.29. The highest BCUT2D eigenvalue weighted by Crippen LogP contribution is 1.95. The molecule has 10 heteroatoms. The van der Waals surface area contributed by atoms with Gasteiger partial charge < -0.3 is 5.32 Å². The molecule has 0 saturated heterocycles. The first-order valence-electron chi connectivity index (χ1n) is 5.60. The lowest BCUT2D eigenvalue weighted by atomic mass is 10.3. The van der Waals surface area contributed by atoms with Crippen LogP contribution in [0.2, 0.25) is 0 Å². The van der Waals surface area contributed by atoms with E-state index in [-0.39, 0.29) is 11.7 Å². The summed E-state index contributed by atoms with van der Waals surface area (Å²) in [5.74, 6) is -1.10. The normalized spacial score (nSPS) is 13.1. The van der Waals surface area contributed by atoms with Gasteiger partial charge in [0.05, 0.1) is 11.5 Å². The SMILES string of the molecule is C=CC(=O)NC(C)CS(=O)(=O)O.CC(C)CS(=O)(=O)O. The van der Waals surface area contributed by atoms with E-state index in [0.717, 1.165) is 6.08 Å². The average molecular weight is 331 g/mol. The molecule has 0 aliphatic rings. The number of hydrogen-bond acceptors (Lipinski definition) is 5. The molecule has 0 aromatic carbocycles. The van der Waals surface area contributed by atoms with E-state index in [2.05, 4.69) is 11.9 Å². The van der Waals surface area contributed by atoms with Crippen LogP contribution < -0.4 is 5.32 Å². The van der Waals surface area contributed by atoms with Gasteiger partial charge in [-0.1, -0.05) is 20.4 Å². The summed E-state index contributed by atoms with van der Waals surface area (Å²) >= 11 is 0. The molecule has 0 aromatic heterocycles. The third kappa shape index (κ3) is 19.4. The Labute approximate surface area is 119 Å². The van der Waals surface area contributed by atoms with Crippen molar-refractivity contribution in [3.63, 3.8) is 0 Å². The van der Waals surface area contributed by atoms with Crippen molar-refractivity contribution in [3.8, 4) is 0 Å². The van der Waals surface area contributed by atoms with Gasteiger partial charge in [-0.2, -0.15) is 16.8 Å². The van der Waals surface area contributed by atoms with Gasteiger partial charge in [0.1, 0.15) is 0 Å². The second-order valence-electron chi connectivity index (χ2n) is 4.50. The summed E-state index contributed by atoms with van der Waals surface area (Å²) in [7, 11) is -7.75. The number of amides is 1. The molecule has 0 aromatic rings. The molecule has 0 bridgehead atoms. The Bertz CT molecular complexity index is 508. The summed E-state index contributed by atoms with van der Waals surface area (Å²) in [5.41, 5.74) is 0. The van der Waals surface area contributed by atoms with E-state index >= 15 is 0 Å². The molecule has 0 radical (unpaired) electrons. The topological polar surface area (TPSA) is 138 Å². The van der Waals surface area contributed by atoms with Crippen LogP contribution in [-0.2, 0) is 25.0 Å². The zero-order valence-corrected chi connectivity index (χ0v) is 13.2. The fourth-order valence-electron chi connectivity index (χ4n) is 1.08. The van der Waals surface area contributed by atoms with Gasteiger partial charge in [0.25, 0.3) is 20.2 Å². The second-order valence-corrected chi connectivity index (χ2v) is 7.50. The maximum atomic E-state index is 10.6. The minimum Gasteiger partial charge on any atom is -0.349 e. The number of rotatable bonds is 6. The first-order valence-corrected chi connectivity index (χ1v) is 8.82. The number of nitrogens with one attached hydrogen (secondary N) is 1. The summed E-state index contributed by atoms with van der Waals surface area (Å²) in [6.07, 6.45) is 1.03. The van der Waals surface area contributed by atoms with Crippen LogP contribution >= 0.6 is 0 Å². The van der Waals surface area contributed by atoms with Crippen LogP contribution in [0.5, 0.6) is 0 Å². The Morgan fingerprint density at radius 2 is 1.50 bits per heavy atom. The van der Waals surface area contributed by atoms with Gasteiger partial charge in [-0.15, -0.1) is 0 Å². The lowest BCUT2D eigenvalue weighted by Crippen LogP contribution is -2.36. The van der Waals surface area contributed by atoms with E-state index in [4.69, 9.17) is 9.11 Å². The molecule has 3 N–H and O–H groups in total. The third-order valence-corrected chi connectivity index (χ3v) is 3.59.